The summed E-state index contributed by atoms with van der Waals surface area (Å²) in [6.45, 7) is 0. The number of methoxy groups -OCH3 is 1. The molecule has 0 aliphatic heterocycles. The summed E-state index contributed by atoms with van der Waals surface area (Å²) in [5, 5.41) is 11.2. The molecule has 4 rings (SSSR count). The Morgan fingerprint density at radius 2 is 1.34 bits per heavy atom. The van der Waals surface area contributed by atoms with Gasteiger partial charge in [-0.25, -0.2) is 8.42 Å². The zero-order valence-electron chi connectivity index (χ0n) is 15.7. The second-order valence-electron chi connectivity index (χ2n) is 6.54. The largest absolute Gasteiger partial charge is 0.507 e. The van der Waals surface area contributed by atoms with E-state index >= 15 is 0 Å². The van der Waals surface area contributed by atoms with Crippen molar-refractivity contribution in [2.75, 3.05) is 11.8 Å². The zero-order valence-corrected chi connectivity index (χ0v) is 16.5. The summed E-state index contributed by atoms with van der Waals surface area (Å²) in [6.07, 6.45) is 0. The molecule has 0 unspecified atom stereocenters. The van der Waals surface area contributed by atoms with Gasteiger partial charge in [-0.1, -0.05) is 48.5 Å². The monoisotopic (exact) mass is 405 g/mol. The van der Waals surface area contributed by atoms with Crippen molar-refractivity contribution in [3.8, 4) is 22.6 Å². The van der Waals surface area contributed by atoms with E-state index in [9.17, 15) is 13.5 Å². The Labute approximate surface area is 169 Å². The highest BCUT2D eigenvalue weighted by molar-refractivity contribution is 7.92. The first-order valence-electron chi connectivity index (χ1n) is 8.96. The van der Waals surface area contributed by atoms with E-state index in [2.05, 4.69) is 4.72 Å². The first-order chi connectivity index (χ1) is 14.0. The number of ether oxygens (including phenoxy) is 1. The Morgan fingerprint density at radius 1 is 0.759 bits per heavy atom. The molecular weight excluding hydrogens is 386 g/mol. The van der Waals surface area contributed by atoms with Gasteiger partial charge in [0.1, 0.15) is 11.5 Å². The molecule has 0 aliphatic carbocycles. The van der Waals surface area contributed by atoms with Crippen LogP contribution in [0, 0.1) is 0 Å². The molecule has 29 heavy (non-hydrogen) atoms. The number of anilines is 1. The molecule has 4 aromatic carbocycles. The summed E-state index contributed by atoms with van der Waals surface area (Å²) in [5.41, 5.74) is 2.28. The standard InChI is InChI=1S/C23H19NO4S/c1-28-18-10-6-16(7-11-18)17-8-12-19(13-9-17)29(26,27)24-22-14-15-23(25)21-5-3-2-4-20(21)22/h2-15,24-25H,1H3. The molecule has 6 heteroatoms. The van der Waals surface area contributed by atoms with E-state index < -0.39 is 10.0 Å². The van der Waals surface area contributed by atoms with Gasteiger partial charge in [0.05, 0.1) is 17.7 Å². The number of benzene rings is 4. The van der Waals surface area contributed by atoms with Crippen molar-refractivity contribution >= 4 is 26.5 Å². The second kappa shape index (κ2) is 7.48. The number of phenolic OH excluding ortho intramolecular Hbond substituents is 1. The smallest absolute Gasteiger partial charge is 0.261 e. The predicted octanol–water partition coefficient (Wildman–Crippen LogP) is 5.02. The lowest BCUT2D eigenvalue weighted by atomic mass is 10.1. The maximum absolute atomic E-state index is 12.9. The molecule has 4 aromatic rings. The third kappa shape index (κ3) is 3.75. The van der Waals surface area contributed by atoms with Gasteiger partial charge in [-0.15, -0.1) is 0 Å². The summed E-state index contributed by atoms with van der Waals surface area (Å²) < 4.78 is 33.5. The number of nitrogens with one attached hydrogen (secondary N) is 1. The first kappa shape index (κ1) is 18.8. The summed E-state index contributed by atoms with van der Waals surface area (Å²) in [7, 11) is -2.17. The molecule has 0 amide bonds. The number of aromatic hydroxyl groups is 1. The minimum Gasteiger partial charge on any atom is -0.507 e. The van der Waals surface area contributed by atoms with Gasteiger partial charge in [0, 0.05) is 10.8 Å². The van der Waals surface area contributed by atoms with Crippen LogP contribution in [-0.2, 0) is 10.0 Å². The van der Waals surface area contributed by atoms with Gasteiger partial charge in [0.15, 0.2) is 0 Å². The third-order valence-corrected chi connectivity index (χ3v) is 6.11. The highest BCUT2D eigenvalue weighted by Crippen LogP contribution is 2.32. The molecule has 0 atom stereocenters. The Balaban J connectivity index is 1.63. The summed E-state index contributed by atoms with van der Waals surface area (Å²) in [6, 6.07) is 24.4. The van der Waals surface area contributed by atoms with Gasteiger partial charge in [0.25, 0.3) is 10.0 Å². The highest BCUT2D eigenvalue weighted by atomic mass is 32.2. The molecule has 0 saturated carbocycles. The summed E-state index contributed by atoms with van der Waals surface area (Å²) >= 11 is 0. The van der Waals surface area contributed by atoms with Crippen molar-refractivity contribution < 1.29 is 18.3 Å². The van der Waals surface area contributed by atoms with Crippen LogP contribution in [-0.4, -0.2) is 20.6 Å². The Hall–Kier alpha value is -3.51. The molecule has 0 saturated heterocycles. The van der Waals surface area contributed by atoms with Gasteiger partial charge in [-0.2, -0.15) is 0 Å². The third-order valence-electron chi connectivity index (χ3n) is 4.73. The molecule has 146 valence electrons. The fourth-order valence-corrected chi connectivity index (χ4v) is 4.27. The number of hydrogen-bond donors (Lipinski definition) is 2. The normalized spacial score (nSPS) is 11.3. The van der Waals surface area contributed by atoms with Crippen LogP contribution < -0.4 is 9.46 Å². The summed E-state index contributed by atoms with van der Waals surface area (Å²) in [5.74, 6) is 0.866. The highest BCUT2D eigenvalue weighted by Gasteiger charge is 2.16. The lowest BCUT2D eigenvalue weighted by Crippen LogP contribution is -2.13. The Morgan fingerprint density at radius 3 is 1.97 bits per heavy atom. The van der Waals surface area contributed by atoms with E-state index in [1.54, 1.807) is 61.7 Å². The van der Waals surface area contributed by atoms with E-state index in [0.29, 0.717) is 16.5 Å². The van der Waals surface area contributed by atoms with E-state index in [0.717, 1.165) is 16.9 Å². The first-order valence-corrected chi connectivity index (χ1v) is 10.4. The molecule has 0 heterocycles. The minimum atomic E-state index is -3.78. The van der Waals surface area contributed by atoms with Crippen LogP contribution in [0.5, 0.6) is 11.5 Å². The maximum atomic E-state index is 12.9. The molecular formula is C23H19NO4S. The van der Waals surface area contributed by atoms with Crippen LogP contribution in [0.3, 0.4) is 0 Å². The predicted molar refractivity (Wildman–Crippen MR) is 115 cm³/mol. The molecule has 0 fully saturated rings. The minimum absolute atomic E-state index is 0.104. The van der Waals surface area contributed by atoms with Crippen molar-refractivity contribution in [3.63, 3.8) is 0 Å². The molecule has 0 aromatic heterocycles. The maximum Gasteiger partial charge on any atom is 0.261 e. The van der Waals surface area contributed by atoms with Crippen LogP contribution >= 0.6 is 0 Å². The van der Waals surface area contributed by atoms with E-state index in [-0.39, 0.29) is 10.6 Å². The summed E-state index contributed by atoms with van der Waals surface area (Å²) in [4.78, 5) is 0.159. The fourth-order valence-electron chi connectivity index (χ4n) is 3.19. The van der Waals surface area contributed by atoms with Crippen LogP contribution in [0.4, 0.5) is 5.69 Å². The van der Waals surface area contributed by atoms with E-state index in [4.69, 9.17) is 4.74 Å². The number of hydrogen-bond acceptors (Lipinski definition) is 4. The van der Waals surface area contributed by atoms with Gasteiger partial charge < -0.3 is 9.84 Å². The molecule has 0 spiro atoms. The Kier molecular flexibility index (Phi) is 4.86. The van der Waals surface area contributed by atoms with E-state index in [1.807, 2.05) is 24.3 Å². The quantitative estimate of drug-likeness (QED) is 0.457. The van der Waals surface area contributed by atoms with Crippen molar-refractivity contribution in [3.05, 3.63) is 84.9 Å². The second-order valence-corrected chi connectivity index (χ2v) is 8.22. The molecule has 0 bridgehead atoms. The molecule has 0 radical (unpaired) electrons. The topological polar surface area (TPSA) is 75.6 Å². The van der Waals surface area contributed by atoms with Gasteiger partial charge >= 0.3 is 0 Å². The number of fused-ring (bicyclic) bond motifs is 1. The molecule has 2 N–H and O–H groups in total. The molecule has 0 aliphatic rings. The van der Waals surface area contributed by atoms with Crippen LogP contribution in [0.2, 0.25) is 0 Å². The van der Waals surface area contributed by atoms with Gasteiger partial charge in [-0.3, -0.25) is 4.72 Å². The van der Waals surface area contributed by atoms with Crippen molar-refractivity contribution in [2.24, 2.45) is 0 Å². The number of rotatable bonds is 5. The average Bonchev–Trinajstić information content (AvgIpc) is 2.76. The van der Waals surface area contributed by atoms with Crippen LogP contribution in [0.1, 0.15) is 0 Å². The van der Waals surface area contributed by atoms with Crippen LogP contribution in [0.15, 0.2) is 89.8 Å². The number of sulfonamides is 1. The van der Waals surface area contributed by atoms with Crippen molar-refractivity contribution in [2.45, 2.75) is 4.90 Å². The SMILES string of the molecule is COc1ccc(-c2ccc(S(=O)(=O)Nc3ccc(O)c4ccccc34)cc2)cc1. The lowest BCUT2D eigenvalue weighted by Gasteiger charge is -2.12. The van der Waals surface area contributed by atoms with Gasteiger partial charge in [0.2, 0.25) is 0 Å². The zero-order chi connectivity index (χ0) is 20.4. The molecule has 5 nitrogen and oxygen atoms in total. The fraction of sp³-hybridized carbons (Fsp3) is 0.0435. The van der Waals surface area contributed by atoms with Gasteiger partial charge in [-0.05, 0) is 47.5 Å². The van der Waals surface area contributed by atoms with Crippen LogP contribution in [0.25, 0.3) is 21.9 Å². The Bertz CT molecular complexity index is 1260. The lowest BCUT2D eigenvalue weighted by molar-refractivity contribution is 0.415. The number of phenols is 1. The van der Waals surface area contributed by atoms with E-state index in [1.165, 1.54) is 6.07 Å². The average molecular weight is 405 g/mol. The van der Waals surface area contributed by atoms with Crippen molar-refractivity contribution in [1.82, 2.24) is 0 Å². The van der Waals surface area contributed by atoms with Crippen molar-refractivity contribution in [1.29, 1.82) is 0 Å².